The van der Waals surface area contributed by atoms with Crippen molar-refractivity contribution in [1.82, 2.24) is 15.2 Å². The van der Waals surface area contributed by atoms with Gasteiger partial charge in [0.25, 0.3) is 0 Å². The van der Waals surface area contributed by atoms with E-state index in [4.69, 9.17) is 4.74 Å². The highest BCUT2D eigenvalue weighted by Gasteiger charge is 2.41. The number of urea groups is 1. The van der Waals surface area contributed by atoms with Gasteiger partial charge in [0.1, 0.15) is 5.75 Å². The van der Waals surface area contributed by atoms with Gasteiger partial charge in [-0.15, -0.1) is 0 Å². The van der Waals surface area contributed by atoms with E-state index in [2.05, 4.69) is 15.6 Å². The van der Waals surface area contributed by atoms with E-state index in [9.17, 15) is 9.59 Å². The van der Waals surface area contributed by atoms with E-state index in [0.717, 1.165) is 22.4 Å². The van der Waals surface area contributed by atoms with Crippen LogP contribution in [0.15, 0.2) is 73.1 Å². The monoisotopic (exact) mass is 444 g/mol. The van der Waals surface area contributed by atoms with Gasteiger partial charge in [-0.2, -0.15) is 0 Å². The van der Waals surface area contributed by atoms with Crippen molar-refractivity contribution in [3.63, 3.8) is 0 Å². The number of methoxy groups -OCH3 is 1. The fourth-order valence-electron chi connectivity index (χ4n) is 4.19. The van der Waals surface area contributed by atoms with E-state index in [1.54, 1.807) is 24.4 Å². The number of para-hydroxylation sites is 1. The van der Waals surface area contributed by atoms with Gasteiger partial charge in [-0.3, -0.25) is 9.78 Å². The number of nitrogens with one attached hydrogen (secondary N) is 2. The summed E-state index contributed by atoms with van der Waals surface area (Å²) in [6.45, 7) is 3.12. The highest BCUT2D eigenvalue weighted by atomic mass is 16.5. The van der Waals surface area contributed by atoms with E-state index < -0.39 is 5.92 Å². The molecule has 1 aliphatic heterocycles. The molecule has 7 nitrogen and oxygen atoms in total. The Bertz CT molecular complexity index is 1100. The van der Waals surface area contributed by atoms with E-state index in [1.807, 2.05) is 67.6 Å². The molecule has 2 unspecified atom stereocenters. The van der Waals surface area contributed by atoms with Crippen LogP contribution in [-0.2, 0) is 11.3 Å². The lowest BCUT2D eigenvalue weighted by Gasteiger charge is -2.20. The number of rotatable bonds is 6. The first-order valence-electron chi connectivity index (χ1n) is 11.0. The Balaban J connectivity index is 1.53. The molecule has 0 saturated carbocycles. The fraction of sp³-hybridized carbons (Fsp3) is 0.269. The van der Waals surface area contributed by atoms with Crippen LogP contribution >= 0.6 is 0 Å². The van der Waals surface area contributed by atoms with Crippen LogP contribution < -0.4 is 15.4 Å². The largest absolute Gasteiger partial charge is 0.496 e. The van der Waals surface area contributed by atoms with Crippen LogP contribution in [0.5, 0.6) is 5.75 Å². The second-order valence-corrected chi connectivity index (χ2v) is 8.24. The molecule has 2 N–H and O–H groups in total. The Kier molecular flexibility index (Phi) is 6.88. The third-order valence-electron chi connectivity index (χ3n) is 5.97. The van der Waals surface area contributed by atoms with Gasteiger partial charge in [0, 0.05) is 43.6 Å². The molecule has 0 aliphatic carbocycles. The number of aryl methyl sites for hydroxylation is 1. The predicted molar refractivity (Wildman–Crippen MR) is 127 cm³/mol. The number of nitrogens with zero attached hydrogens (tertiary/aromatic N) is 2. The predicted octanol–water partition coefficient (Wildman–Crippen LogP) is 3.96. The van der Waals surface area contributed by atoms with Crippen molar-refractivity contribution in [3.05, 3.63) is 89.7 Å². The molecule has 3 amide bonds. The quantitative estimate of drug-likeness (QED) is 0.603. The van der Waals surface area contributed by atoms with Crippen LogP contribution in [0.2, 0.25) is 0 Å². The molecule has 7 heteroatoms. The summed E-state index contributed by atoms with van der Waals surface area (Å²) in [5.74, 6) is 0.0364. The van der Waals surface area contributed by atoms with Gasteiger partial charge in [-0.25, -0.2) is 4.79 Å². The Hall–Kier alpha value is -3.87. The summed E-state index contributed by atoms with van der Waals surface area (Å²) in [4.78, 5) is 32.1. The van der Waals surface area contributed by atoms with E-state index in [0.29, 0.717) is 25.4 Å². The molecule has 0 radical (unpaired) electrons. The van der Waals surface area contributed by atoms with E-state index in [-0.39, 0.29) is 17.9 Å². The summed E-state index contributed by atoms with van der Waals surface area (Å²) in [6.07, 6.45) is 3.43. The smallest absolute Gasteiger partial charge is 0.321 e. The Morgan fingerprint density at radius 3 is 2.58 bits per heavy atom. The normalized spacial score (nSPS) is 17.5. The summed E-state index contributed by atoms with van der Waals surface area (Å²) in [5.41, 5.74) is 3.69. The first-order chi connectivity index (χ1) is 16.0. The number of amides is 3. The molecule has 2 heterocycles. The number of hydrogen-bond acceptors (Lipinski definition) is 4. The maximum absolute atomic E-state index is 13.2. The molecule has 1 fully saturated rings. The molecule has 33 heavy (non-hydrogen) atoms. The molecule has 3 aromatic rings. The van der Waals surface area contributed by atoms with Gasteiger partial charge in [-0.1, -0.05) is 42.0 Å². The third kappa shape index (κ3) is 5.31. The zero-order valence-corrected chi connectivity index (χ0v) is 18.8. The van der Waals surface area contributed by atoms with Gasteiger partial charge in [-0.05, 0) is 42.3 Å². The number of pyridine rings is 1. The lowest BCUT2D eigenvalue weighted by Crippen LogP contribution is -2.36. The Labute approximate surface area is 193 Å². The highest BCUT2D eigenvalue weighted by Crippen LogP contribution is 2.38. The van der Waals surface area contributed by atoms with Crippen molar-refractivity contribution in [2.24, 2.45) is 5.92 Å². The second-order valence-electron chi connectivity index (χ2n) is 8.24. The number of anilines is 1. The summed E-state index contributed by atoms with van der Waals surface area (Å²) in [6, 6.07) is 18.9. The molecule has 1 aromatic heterocycles. The first kappa shape index (κ1) is 22.3. The SMILES string of the molecule is COc1ccccc1C1CN(C(=O)Nc2ccc(C)cc2)CC1C(=O)NCc1cccnc1. The second kappa shape index (κ2) is 10.2. The van der Waals surface area contributed by atoms with Crippen molar-refractivity contribution in [2.75, 3.05) is 25.5 Å². The maximum atomic E-state index is 13.2. The minimum atomic E-state index is -0.401. The van der Waals surface area contributed by atoms with Gasteiger partial charge in [0.05, 0.1) is 13.0 Å². The number of ether oxygens (including phenoxy) is 1. The molecular formula is C26H28N4O3. The summed E-state index contributed by atoms with van der Waals surface area (Å²) < 4.78 is 5.56. The number of carbonyl (C=O) groups excluding carboxylic acids is 2. The fourth-order valence-corrected chi connectivity index (χ4v) is 4.19. The Morgan fingerprint density at radius 1 is 1.06 bits per heavy atom. The minimum absolute atomic E-state index is 0.0969. The van der Waals surface area contributed by atoms with Crippen LogP contribution in [0, 0.1) is 12.8 Å². The number of hydrogen-bond donors (Lipinski definition) is 2. The van der Waals surface area contributed by atoms with E-state index >= 15 is 0 Å². The third-order valence-corrected chi connectivity index (χ3v) is 5.97. The lowest BCUT2D eigenvalue weighted by molar-refractivity contribution is -0.125. The van der Waals surface area contributed by atoms with Crippen LogP contribution in [0.25, 0.3) is 0 Å². The standard InChI is InChI=1S/C26H28N4O3/c1-18-9-11-20(12-10-18)29-26(32)30-16-22(21-7-3-4-8-24(21)33-2)23(17-30)25(31)28-15-19-6-5-13-27-14-19/h3-14,22-23H,15-17H2,1-2H3,(H,28,31)(H,29,32). The zero-order valence-electron chi connectivity index (χ0n) is 18.8. The van der Waals surface area contributed by atoms with Crippen molar-refractivity contribution >= 4 is 17.6 Å². The molecule has 4 rings (SSSR count). The van der Waals surface area contributed by atoms with Crippen LogP contribution in [0.1, 0.15) is 22.6 Å². The minimum Gasteiger partial charge on any atom is -0.496 e. The number of benzene rings is 2. The molecule has 1 aliphatic rings. The van der Waals surface area contributed by atoms with Crippen molar-refractivity contribution < 1.29 is 14.3 Å². The molecular weight excluding hydrogens is 416 g/mol. The topological polar surface area (TPSA) is 83.6 Å². The van der Waals surface area contributed by atoms with Gasteiger partial charge >= 0.3 is 6.03 Å². The maximum Gasteiger partial charge on any atom is 0.321 e. The average Bonchev–Trinajstić information content (AvgIpc) is 3.30. The van der Waals surface area contributed by atoms with Crippen LogP contribution in [-0.4, -0.2) is 42.0 Å². The van der Waals surface area contributed by atoms with Gasteiger partial charge in [0.2, 0.25) is 5.91 Å². The zero-order chi connectivity index (χ0) is 23.2. The molecule has 1 saturated heterocycles. The molecule has 0 bridgehead atoms. The Morgan fingerprint density at radius 2 is 1.85 bits per heavy atom. The van der Waals surface area contributed by atoms with Crippen molar-refractivity contribution in [2.45, 2.75) is 19.4 Å². The van der Waals surface area contributed by atoms with E-state index in [1.165, 1.54) is 0 Å². The number of carbonyl (C=O) groups is 2. The summed E-state index contributed by atoms with van der Waals surface area (Å²) >= 11 is 0. The van der Waals surface area contributed by atoms with Gasteiger partial charge in [0.15, 0.2) is 0 Å². The molecule has 2 atom stereocenters. The average molecular weight is 445 g/mol. The lowest BCUT2D eigenvalue weighted by atomic mass is 9.87. The molecule has 170 valence electrons. The number of aromatic nitrogens is 1. The number of likely N-dealkylation sites (tertiary alicyclic amines) is 1. The molecule has 2 aromatic carbocycles. The summed E-state index contributed by atoms with van der Waals surface area (Å²) in [5, 5.41) is 5.96. The molecule has 0 spiro atoms. The first-order valence-corrected chi connectivity index (χ1v) is 11.0. The summed E-state index contributed by atoms with van der Waals surface area (Å²) in [7, 11) is 1.62. The van der Waals surface area contributed by atoms with Crippen molar-refractivity contribution in [1.29, 1.82) is 0 Å². The van der Waals surface area contributed by atoms with Crippen LogP contribution in [0.3, 0.4) is 0 Å². The van der Waals surface area contributed by atoms with Gasteiger partial charge < -0.3 is 20.3 Å². The highest BCUT2D eigenvalue weighted by molar-refractivity contribution is 5.91. The van der Waals surface area contributed by atoms with Crippen LogP contribution in [0.4, 0.5) is 10.5 Å². The van der Waals surface area contributed by atoms with Crippen molar-refractivity contribution in [3.8, 4) is 5.75 Å².